The lowest BCUT2D eigenvalue weighted by atomic mass is 10.2. The number of sulfonamides is 1. The average Bonchev–Trinajstić information content (AvgIpc) is 2.47. The normalized spacial score (nSPS) is 13.1. The highest BCUT2D eigenvalue weighted by Crippen LogP contribution is 2.22. The Kier molecular flexibility index (Phi) is 7.10. The molecule has 2 N–H and O–H groups in total. The molecule has 1 unspecified atom stereocenters. The molecule has 0 spiro atoms. The average molecular weight is 316 g/mol. The summed E-state index contributed by atoms with van der Waals surface area (Å²) in [6.45, 7) is 4.99. The molecule has 0 radical (unpaired) electrons. The van der Waals surface area contributed by atoms with Gasteiger partial charge in [-0.05, 0) is 39.1 Å². The minimum Gasteiger partial charge on any atom is -0.494 e. The van der Waals surface area contributed by atoms with Crippen molar-refractivity contribution in [2.75, 3.05) is 27.3 Å². The molecule has 0 aromatic heterocycles. The van der Waals surface area contributed by atoms with Crippen molar-refractivity contribution in [1.29, 1.82) is 0 Å². The molecule has 0 amide bonds. The zero-order chi connectivity index (χ0) is 15.9. The van der Waals surface area contributed by atoms with Crippen molar-refractivity contribution in [3.05, 3.63) is 23.8 Å². The highest BCUT2D eigenvalue weighted by atomic mass is 32.2. The van der Waals surface area contributed by atoms with Gasteiger partial charge in [0.25, 0.3) is 0 Å². The largest absolute Gasteiger partial charge is 0.494 e. The Hall–Kier alpha value is -1.15. The van der Waals surface area contributed by atoms with Gasteiger partial charge >= 0.3 is 0 Å². The number of hydrogen-bond acceptors (Lipinski definition) is 5. The van der Waals surface area contributed by atoms with Gasteiger partial charge in [-0.1, -0.05) is 0 Å². The molecule has 0 saturated carbocycles. The first-order valence-electron chi connectivity index (χ1n) is 6.87. The standard InChI is InChI=1S/C14H24N2O4S/c1-5-20-14-7-6-13(8-12(14)10-15-3)21(17,18)16-9-11(2)19-4/h6-8,11,15-16H,5,9-10H2,1-4H3. The summed E-state index contributed by atoms with van der Waals surface area (Å²) >= 11 is 0. The summed E-state index contributed by atoms with van der Waals surface area (Å²) in [5, 5.41) is 3.01. The fraction of sp³-hybridized carbons (Fsp3) is 0.571. The van der Waals surface area contributed by atoms with Crippen LogP contribution in [-0.2, 0) is 21.3 Å². The zero-order valence-electron chi connectivity index (χ0n) is 13.0. The van der Waals surface area contributed by atoms with Crippen molar-refractivity contribution in [1.82, 2.24) is 10.0 Å². The third-order valence-electron chi connectivity index (χ3n) is 2.97. The molecule has 0 heterocycles. The maximum absolute atomic E-state index is 12.3. The smallest absolute Gasteiger partial charge is 0.240 e. The van der Waals surface area contributed by atoms with Crippen molar-refractivity contribution < 1.29 is 17.9 Å². The molecule has 6 nitrogen and oxygen atoms in total. The lowest BCUT2D eigenvalue weighted by Gasteiger charge is -2.14. The van der Waals surface area contributed by atoms with E-state index in [1.165, 1.54) is 0 Å². The second kappa shape index (κ2) is 8.33. The Morgan fingerprint density at radius 2 is 2.05 bits per heavy atom. The first-order valence-corrected chi connectivity index (χ1v) is 8.35. The summed E-state index contributed by atoms with van der Waals surface area (Å²) in [6.07, 6.45) is -0.181. The third-order valence-corrected chi connectivity index (χ3v) is 4.39. The Bertz CT molecular complexity index is 546. The fourth-order valence-corrected chi connectivity index (χ4v) is 2.91. The van der Waals surface area contributed by atoms with E-state index in [2.05, 4.69) is 10.0 Å². The summed E-state index contributed by atoms with van der Waals surface area (Å²) in [4.78, 5) is 0.222. The van der Waals surface area contributed by atoms with E-state index in [4.69, 9.17) is 9.47 Å². The van der Waals surface area contributed by atoms with Crippen LogP contribution in [-0.4, -0.2) is 41.8 Å². The van der Waals surface area contributed by atoms with Crippen molar-refractivity contribution in [2.24, 2.45) is 0 Å². The van der Waals surface area contributed by atoms with Crippen LogP contribution < -0.4 is 14.8 Å². The van der Waals surface area contributed by atoms with Crippen LogP contribution in [0.4, 0.5) is 0 Å². The Morgan fingerprint density at radius 1 is 1.33 bits per heavy atom. The fourth-order valence-electron chi connectivity index (χ4n) is 1.74. The Labute approximate surface area is 126 Å². The molecule has 0 bridgehead atoms. The molecule has 0 fully saturated rings. The summed E-state index contributed by atoms with van der Waals surface area (Å²) < 4.78 is 37.6. The van der Waals surface area contributed by atoms with Crippen LogP contribution >= 0.6 is 0 Å². The predicted molar refractivity (Wildman–Crippen MR) is 82.0 cm³/mol. The second-order valence-electron chi connectivity index (χ2n) is 4.63. The number of nitrogens with one attached hydrogen (secondary N) is 2. The first kappa shape index (κ1) is 17.9. The number of hydrogen-bond donors (Lipinski definition) is 2. The summed E-state index contributed by atoms with van der Waals surface area (Å²) in [7, 11) is -0.208. The highest BCUT2D eigenvalue weighted by Gasteiger charge is 2.17. The van der Waals surface area contributed by atoms with Gasteiger partial charge in [0.15, 0.2) is 0 Å². The molecule has 1 aromatic carbocycles. The van der Waals surface area contributed by atoms with Gasteiger partial charge in [-0.15, -0.1) is 0 Å². The maximum atomic E-state index is 12.3. The summed E-state index contributed by atoms with van der Waals surface area (Å²) in [5.41, 5.74) is 0.807. The first-order chi connectivity index (χ1) is 9.94. The highest BCUT2D eigenvalue weighted by molar-refractivity contribution is 7.89. The minimum atomic E-state index is -3.55. The van der Waals surface area contributed by atoms with Crippen molar-refractivity contribution in [3.8, 4) is 5.75 Å². The molecule has 1 aromatic rings. The van der Waals surface area contributed by atoms with Crippen molar-refractivity contribution in [3.63, 3.8) is 0 Å². The van der Waals surface area contributed by atoms with Crippen LogP contribution in [0.5, 0.6) is 5.75 Å². The van der Waals surface area contributed by atoms with Crippen LogP contribution in [0.15, 0.2) is 23.1 Å². The second-order valence-corrected chi connectivity index (χ2v) is 6.40. The molecule has 120 valence electrons. The molecule has 1 rings (SSSR count). The van der Waals surface area contributed by atoms with E-state index >= 15 is 0 Å². The quantitative estimate of drug-likeness (QED) is 0.714. The van der Waals surface area contributed by atoms with Gasteiger partial charge in [0.2, 0.25) is 10.0 Å². The molecule has 21 heavy (non-hydrogen) atoms. The molecule has 0 saturated heterocycles. The number of ether oxygens (including phenoxy) is 2. The Balaban J connectivity index is 2.98. The van der Waals surface area contributed by atoms with E-state index in [9.17, 15) is 8.42 Å². The van der Waals surface area contributed by atoms with E-state index in [0.29, 0.717) is 18.9 Å². The molecule has 0 aliphatic carbocycles. The molecule has 0 aliphatic rings. The van der Waals surface area contributed by atoms with Gasteiger partial charge in [0.1, 0.15) is 5.75 Å². The number of methoxy groups -OCH3 is 1. The molecular formula is C14H24N2O4S. The van der Waals surface area contributed by atoms with E-state index in [1.54, 1.807) is 39.3 Å². The van der Waals surface area contributed by atoms with Crippen LogP contribution in [0.3, 0.4) is 0 Å². The predicted octanol–water partition coefficient (Wildman–Crippen LogP) is 1.12. The van der Waals surface area contributed by atoms with E-state index < -0.39 is 10.0 Å². The van der Waals surface area contributed by atoms with Crippen LogP contribution in [0.25, 0.3) is 0 Å². The molecular weight excluding hydrogens is 292 g/mol. The van der Waals surface area contributed by atoms with Gasteiger partial charge in [-0.2, -0.15) is 0 Å². The lowest BCUT2D eigenvalue weighted by Crippen LogP contribution is -2.31. The summed E-state index contributed by atoms with van der Waals surface area (Å²) in [5.74, 6) is 0.691. The number of rotatable bonds is 9. The maximum Gasteiger partial charge on any atom is 0.240 e. The summed E-state index contributed by atoms with van der Waals surface area (Å²) in [6, 6.07) is 4.86. The molecule has 7 heteroatoms. The van der Waals surface area contributed by atoms with E-state index in [-0.39, 0.29) is 17.5 Å². The SMILES string of the molecule is CCOc1ccc(S(=O)(=O)NCC(C)OC)cc1CNC. The van der Waals surface area contributed by atoms with E-state index in [1.807, 2.05) is 6.92 Å². The van der Waals surface area contributed by atoms with Crippen LogP contribution in [0.1, 0.15) is 19.4 Å². The van der Waals surface area contributed by atoms with E-state index in [0.717, 1.165) is 5.56 Å². The zero-order valence-corrected chi connectivity index (χ0v) is 13.8. The van der Waals surface area contributed by atoms with Crippen LogP contribution in [0.2, 0.25) is 0 Å². The molecule has 1 atom stereocenters. The van der Waals surface area contributed by atoms with Gasteiger partial charge in [0, 0.05) is 25.8 Å². The third kappa shape index (κ3) is 5.28. The minimum absolute atomic E-state index is 0.181. The van der Waals surface area contributed by atoms with Crippen LogP contribution in [0, 0.1) is 0 Å². The van der Waals surface area contributed by atoms with Crippen molar-refractivity contribution >= 4 is 10.0 Å². The van der Waals surface area contributed by atoms with Gasteiger partial charge in [-0.25, -0.2) is 13.1 Å². The van der Waals surface area contributed by atoms with Gasteiger partial charge in [-0.3, -0.25) is 0 Å². The Morgan fingerprint density at radius 3 is 2.62 bits per heavy atom. The number of benzene rings is 1. The van der Waals surface area contributed by atoms with Crippen molar-refractivity contribution in [2.45, 2.75) is 31.4 Å². The van der Waals surface area contributed by atoms with Gasteiger partial charge in [0.05, 0.1) is 17.6 Å². The molecule has 0 aliphatic heterocycles. The topological polar surface area (TPSA) is 76.7 Å². The lowest BCUT2D eigenvalue weighted by molar-refractivity contribution is 0.122. The van der Waals surface area contributed by atoms with Gasteiger partial charge < -0.3 is 14.8 Å². The monoisotopic (exact) mass is 316 g/mol.